The molecule has 1 aliphatic carbocycles. The van der Waals surface area contributed by atoms with Gasteiger partial charge in [0.1, 0.15) is 0 Å². The van der Waals surface area contributed by atoms with Crippen LogP contribution in [0.3, 0.4) is 0 Å². The zero-order valence-electron chi connectivity index (χ0n) is 11.2. The Hall–Kier alpha value is -2.37. The molecular weight excluding hydrogens is 256 g/mol. The smallest absolute Gasteiger partial charge is 0.231 e. The molecule has 0 bridgehead atoms. The summed E-state index contributed by atoms with van der Waals surface area (Å²) < 4.78 is 4.87. The molecule has 3 N–H and O–H groups in total. The van der Waals surface area contributed by atoms with Gasteiger partial charge in [-0.3, -0.25) is 4.79 Å². The van der Waals surface area contributed by atoms with E-state index in [-0.39, 0.29) is 12.5 Å². The number of carbonyl (C=O) groups is 1. The summed E-state index contributed by atoms with van der Waals surface area (Å²) in [7, 11) is 0. The van der Waals surface area contributed by atoms with Gasteiger partial charge >= 0.3 is 0 Å². The zero-order valence-corrected chi connectivity index (χ0v) is 11.2. The van der Waals surface area contributed by atoms with Crippen molar-refractivity contribution in [2.45, 2.75) is 31.7 Å². The number of aromatic nitrogens is 2. The van der Waals surface area contributed by atoms with Crippen LogP contribution in [0.25, 0.3) is 0 Å². The molecule has 0 aliphatic heterocycles. The lowest BCUT2D eigenvalue weighted by Crippen LogP contribution is -2.34. The van der Waals surface area contributed by atoms with Crippen molar-refractivity contribution >= 4 is 11.6 Å². The van der Waals surface area contributed by atoms with Gasteiger partial charge in [-0.25, -0.2) is 0 Å². The van der Waals surface area contributed by atoms with Crippen molar-refractivity contribution in [3.05, 3.63) is 41.5 Å². The van der Waals surface area contributed by atoms with Crippen molar-refractivity contribution in [1.82, 2.24) is 15.5 Å². The van der Waals surface area contributed by atoms with Gasteiger partial charge in [0.05, 0.1) is 12.0 Å². The van der Waals surface area contributed by atoms with E-state index in [0.29, 0.717) is 17.4 Å². The van der Waals surface area contributed by atoms with Crippen LogP contribution in [0.4, 0.5) is 5.69 Å². The molecule has 1 aromatic heterocycles. The fraction of sp³-hybridized carbons (Fsp3) is 0.357. The molecule has 1 amide bonds. The van der Waals surface area contributed by atoms with E-state index in [1.54, 1.807) is 6.92 Å². The number of hydrogen-bond donors (Lipinski definition) is 2. The Morgan fingerprint density at radius 2 is 2.10 bits per heavy atom. The molecule has 0 spiro atoms. The normalized spacial score (nSPS) is 15.8. The van der Waals surface area contributed by atoms with Crippen LogP contribution in [0.5, 0.6) is 0 Å². The van der Waals surface area contributed by atoms with Crippen LogP contribution in [0, 0.1) is 6.92 Å². The largest absolute Gasteiger partial charge is 0.399 e. The quantitative estimate of drug-likeness (QED) is 0.818. The second kappa shape index (κ2) is 4.63. The molecule has 6 nitrogen and oxygen atoms in total. The van der Waals surface area contributed by atoms with E-state index in [9.17, 15) is 4.79 Å². The topological polar surface area (TPSA) is 94.0 Å². The van der Waals surface area contributed by atoms with Gasteiger partial charge < -0.3 is 15.6 Å². The van der Waals surface area contributed by atoms with E-state index in [0.717, 1.165) is 18.4 Å². The summed E-state index contributed by atoms with van der Waals surface area (Å²) >= 11 is 0. The number of rotatable bonds is 4. The maximum Gasteiger partial charge on any atom is 0.231 e. The third kappa shape index (κ3) is 2.24. The third-order valence-electron chi connectivity index (χ3n) is 3.62. The number of benzene rings is 1. The number of nitrogens with one attached hydrogen (secondary N) is 1. The van der Waals surface area contributed by atoms with Crippen LogP contribution >= 0.6 is 0 Å². The maximum absolute atomic E-state index is 12.4. The van der Waals surface area contributed by atoms with Crippen molar-refractivity contribution in [2.24, 2.45) is 0 Å². The number of anilines is 1. The number of nitrogen functional groups attached to an aromatic ring is 1. The Bertz CT molecular complexity index is 629. The molecule has 1 aromatic carbocycles. The predicted octanol–water partition coefficient (Wildman–Crippen LogP) is 1.31. The van der Waals surface area contributed by atoms with Gasteiger partial charge in [0.2, 0.25) is 11.8 Å². The Balaban J connectivity index is 1.68. The van der Waals surface area contributed by atoms with E-state index in [1.165, 1.54) is 0 Å². The first-order valence-electron chi connectivity index (χ1n) is 6.54. The highest BCUT2D eigenvalue weighted by Crippen LogP contribution is 2.48. The zero-order chi connectivity index (χ0) is 14.2. The lowest BCUT2D eigenvalue weighted by Gasteiger charge is -2.15. The number of nitrogens with zero attached hydrogens (tertiary/aromatic N) is 2. The first kappa shape index (κ1) is 12.7. The molecule has 6 heteroatoms. The fourth-order valence-corrected chi connectivity index (χ4v) is 2.32. The van der Waals surface area contributed by atoms with Gasteiger partial charge in [0.25, 0.3) is 0 Å². The molecule has 0 unspecified atom stereocenters. The average Bonchev–Trinajstić information content (AvgIpc) is 3.15. The SMILES string of the molecule is Cc1nc(CNC(=O)C2(c3ccc(N)cc3)CC2)no1. The minimum atomic E-state index is -0.410. The van der Waals surface area contributed by atoms with Crippen molar-refractivity contribution < 1.29 is 9.32 Å². The molecule has 20 heavy (non-hydrogen) atoms. The number of nitrogens with two attached hydrogens (primary N) is 1. The number of aryl methyl sites for hydroxylation is 1. The van der Waals surface area contributed by atoms with Gasteiger partial charge in [-0.1, -0.05) is 17.3 Å². The monoisotopic (exact) mass is 272 g/mol. The van der Waals surface area contributed by atoms with Crippen molar-refractivity contribution in [3.8, 4) is 0 Å². The summed E-state index contributed by atoms with van der Waals surface area (Å²) in [6.07, 6.45) is 1.71. The molecule has 3 rings (SSSR count). The highest BCUT2D eigenvalue weighted by molar-refractivity contribution is 5.91. The molecule has 2 aromatic rings. The van der Waals surface area contributed by atoms with Gasteiger partial charge in [0.15, 0.2) is 5.82 Å². The first-order valence-corrected chi connectivity index (χ1v) is 6.54. The van der Waals surface area contributed by atoms with Crippen molar-refractivity contribution in [1.29, 1.82) is 0 Å². The predicted molar refractivity (Wildman–Crippen MR) is 72.6 cm³/mol. The highest BCUT2D eigenvalue weighted by Gasteiger charge is 2.51. The molecular formula is C14H16N4O2. The number of carbonyl (C=O) groups excluding carboxylic acids is 1. The van der Waals surface area contributed by atoms with Crippen LogP contribution < -0.4 is 11.1 Å². The minimum absolute atomic E-state index is 0.00437. The van der Waals surface area contributed by atoms with E-state index in [1.807, 2.05) is 24.3 Å². The first-order chi connectivity index (χ1) is 9.60. The van der Waals surface area contributed by atoms with Gasteiger partial charge in [-0.05, 0) is 30.5 Å². The van der Waals surface area contributed by atoms with E-state index >= 15 is 0 Å². The molecule has 0 atom stereocenters. The van der Waals surface area contributed by atoms with Crippen LogP contribution in [0.2, 0.25) is 0 Å². The fourth-order valence-electron chi connectivity index (χ4n) is 2.32. The van der Waals surface area contributed by atoms with Crippen LogP contribution in [0.15, 0.2) is 28.8 Å². The number of amides is 1. The second-order valence-electron chi connectivity index (χ2n) is 5.12. The van der Waals surface area contributed by atoms with E-state index in [4.69, 9.17) is 10.3 Å². The Morgan fingerprint density at radius 3 is 2.65 bits per heavy atom. The average molecular weight is 272 g/mol. The van der Waals surface area contributed by atoms with Gasteiger partial charge in [-0.2, -0.15) is 4.98 Å². The maximum atomic E-state index is 12.4. The van der Waals surface area contributed by atoms with E-state index in [2.05, 4.69) is 15.5 Å². The molecule has 0 saturated heterocycles. The third-order valence-corrected chi connectivity index (χ3v) is 3.62. The van der Waals surface area contributed by atoms with Gasteiger partial charge in [-0.15, -0.1) is 0 Å². The Labute approximate surface area is 116 Å². The molecule has 1 fully saturated rings. The summed E-state index contributed by atoms with van der Waals surface area (Å²) in [6.45, 7) is 2.00. The number of hydrogen-bond acceptors (Lipinski definition) is 5. The minimum Gasteiger partial charge on any atom is -0.399 e. The van der Waals surface area contributed by atoms with Crippen molar-refractivity contribution in [2.75, 3.05) is 5.73 Å². The summed E-state index contributed by atoms with van der Waals surface area (Å²) in [5.74, 6) is 0.989. The summed E-state index contributed by atoms with van der Waals surface area (Å²) in [6, 6.07) is 7.48. The van der Waals surface area contributed by atoms with Crippen LogP contribution in [-0.4, -0.2) is 16.0 Å². The van der Waals surface area contributed by atoms with E-state index < -0.39 is 5.41 Å². The second-order valence-corrected chi connectivity index (χ2v) is 5.12. The molecule has 1 heterocycles. The van der Waals surface area contributed by atoms with Crippen LogP contribution in [-0.2, 0) is 16.8 Å². The summed E-state index contributed by atoms with van der Waals surface area (Å²) in [5, 5.41) is 6.63. The van der Waals surface area contributed by atoms with Crippen LogP contribution in [0.1, 0.15) is 30.1 Å². The Kier molecular flexibility index (Phi) is 2.93. The molecule has 104 valence electrons. The molecule has 1 aliphatic rings. The van der Waals surface area contributed by atoms with Gasteiger partial charge in [0, 0.05) is 12.6 Å². The Morgan fingerprint density at radius 1 is 1.40 bits per heavy atom. The highest BCUT2D eigenvalue weighted by atomic mass is 16.5. The summed E-state index contributed by atoms with van der Waals surface area (Å²) in [4.78, 5) is 16.4. The summed E-state index contributed by atoms with van der Waals surface area (Å²) in [5.41, 5.74) is 6.97. The van der Waals surface area contributed by atoms with Crippen molar-refractivity contribution in [3.63, 3.8) is 0 Å². The lowest BCUT2D eigenvalue weighted by molar-refractivity contribution is -0.123. The molecule has 0 radical (unpaired) electrons. The lowest BCUT2D eigenvalue weighted by atomic mass is 9.95. The molecule has 1 saturated carbocycles. The standard InChI is InChI=1S/C14H16N4O2/c1-9-17-12(18-20-9)8-16-13(19)14(6-7-14)10-2-4-11(15)5-3-10/h2-5H,6-8,15H2,1H3,(H,16,19).